The van der Waals surface area contributed by atoms with Crippen LogP contribution >= 0.6 is 0 Å². The van der Waals surface area contributed by atoms with Gasteiger partial charge in [0, 0.05) is 32.7 Å². The van der Waals surface area contributed by atoms with Crippen molar-refractivity contribution in [2.75, 3.05) is 39.3 Å². The summed E-state index contributed by atoms with van der Waals surface area (Å²) in [7, 11) is 0. The number of para-hydroxylation sites is 1. The van der Waals surface area contributed by atoms with Gasteiger partial charge in [0.05, 0.1) is 0 Å². The topological polar surface area (TPSA) is 32.8 Å². The molecule has 3 rings (SSSR count). The summed E-state index contributed by atoms with van der Waals surface area (Å²) in [5, 5.41) is 0. The Kier molecular flexibility index (Phi) is 5.85. The number of rotatable bonds is 6. The first-order valence-corrected chi connectivity index (χ1v) is 8.53. The largest absolute Gasteiger partial charge is 0.484 e. The van der Waals surface area contributed by atoms with Crippen LogP contribution in [0.25, 0.3) is 0 Å². The molecule has 1 fully saturated rings. The van der Waals surface area contributed by atoms with Gasteiger partial charge < -0.3 is 9.64 Å². The Morgan fingerprint density at radius 2 is 1.50 bits per heavy atom. The molecule has 1 heterocycles. The van der Waals surface area contributed by atoms with Crippen LogP contribution in [0.1, 0.15) is 5.56 Å². The van der Waals surface area contributed by atoms with Crippen molar-refractivity contribution in [1.82, 2.24) is 9.80 Å². The maximum Gasteiger partial charge on any atom is 0.260 e. The summed E-state index contributed by atoms with van der Waals surface area (Å²) < 4.78 is 5.55. The van der Waals surface area contributed by atoms with Gasteiger partial charge in [-0.1, -0.05) is 48.5 Å². The van der Waals surface area contributed by atoms with Gasteiger partial charge in [-0.25, -0.2) is 0 Å². The zero-order valence-corrected chi connectivity index (χ0v) is 13.9. The maximum absolute atomic E-state index is 12.2. The first-order chi connectivity index (χ1) is 11.8. The third kappa shape index (κ3) is 4.83. The van der Waals surface area contributed by atoms with Crippen LogP contribution in [0.15, 0.2) is 60.7 Å². The Labute approximate surface area is 143 Å². The average molecular weight is 324 g/mol. The molecule has 4 nitrogen and oxygen atoms in total. The summed E-state index contributed by atoms with van der Waals surface area (Å²) in [6.07, 6.45) is 1.06. The molecule has 0 N–H and O–H groups in total. The van der Waals surface area contributed by atoms with E-state index in [0.29, 0.717) is 0 Å². The summed E-state index contributed by atoms with van der Waals surface area (Å²) >= 11 is 0. The molecule has 0 unspecified atom stereocenters. The van der Waals surface area contributed by atoms with E-state index in [9.17, 15) is 4.79 Å². The predicted octanol–water partition coefficient (Wildman–Crippen LogP) is 2.45. The van der Waals surface area contributed by atoms with Crippen molar-refractivity contribution < 1.29 is 9.53 Å². The van der Waals surface area contributed by atoms with Crippen molar-refractivity contribution in [3.05, 3.63) is 66.2 Å². The molecule has 0 aromatic heterocycles. The van der Waals surface area contributed by atoms with E-state index in [1.165, 1.54) is 5.56 Å². The van der Waals surface area contributed by atoms with Crippen molar-refractivity contribution in [2.45, 2.75) is 6.42 Å². The highest BCUT2D eigenvalue weighted by molar-refractivity contribution is 5.77. The molecule has 0 bridgehead atoms. The minimum Gasteiger partial charge on any atom is -0.484 e. The molecule has 0 spiro atoms. The van der Waals surface area contributed by atoms with E-state index in [2.05, 4.69) is 29.2 Å². The van der Waals surface area contributed by atoms with Crippen LogP contribution in [0.3, 0.4) is 0 Å². The standard InChI is InChI=1S/C20H24N2O2/c23-20(17-24-19-9-5-2-6-10-19)22-15-13-21(14-16-22)12-11-18-7-3-1-4-8-18/h1-10H,11-17H2. The number of nitrogens with zero attached hydrogens (tertiary/aromatic N) is 2. The van der Waals surface area contributed by atoms with Gasteiger partial charge >= 0.3 is 0 Å². The Hall–Kier alpha value is -2.33. The zero-order valence-electron chi connectivity index (χ0n) is 13.9. The summed E-state index contributed by atoms with van der Waals surface area (Å²) in [5.41, 5.74) is 1.37. The van der Waals surface area contributed by atoms with Gasteiger partial charge in [0.25, 0.3) is 5.91 Å². The monoisotopic (exact) mass is 324 g/mol. The fourth-order valence-corrected chi connectivity index (χ4v) is 2.91. The Bertz CT molecular complexity index is 623. The molecule has 2 aromatic carbocycles. The second-order valence-corrected chi connectivity index (χ2v) is 6.06. The first kappa shape index (κ1) is 16.5. The van der Waals surface area contributed by atoms with Crippen LogP contribution in [0, 0.1) is 0 Å². The normalized spacial score (nSPS) is 15.2. The Morgan fingerprint density at radius 3 is 2.17 bits per heavy atom. The van der Waals surface area contributed by atoms with Gasteiger partial charge in [-0.15, -0.1) is 0 Å². The number of piperazine rings is 1. The highest BCUT2D eigenvalue weighted by Gasteiger charge is 2.21. The molecule has 0 atom stereocenters. The Morgan fingerprint density at radius 1 is 0.875 bits per heavy atom. The van der Waals surface area contributed by atoms with Gasteiger partial charge in [-0.3, -0.25) is 9.69 Å². The van der Waals surface area contributed by atoms with E-state index in [-0.39, 0.29) is 12.5 Å². The van der Waals surface area contributed by atoms with Crippen molar-refractivity contribution in [3.8, 4) is 5.75 Å². The van der Waals surface area contributed by atoms with Gasteiger partial charge in [0.1, 0.15) is 5.75 Å². The molecule has 4 heteroatoms. The van der Waals surface area contributed by atoms with Gasteiger partial charge in [-0.05, 0) is 24.1 Å². The lowest BCUT2D eigenvalue weighted by molar-refractivity contribution is -0.135. The highest BCUT2D eigenvalue weighted by atomic mass is 16.5. The lowest BCUT2D eigenvalue weighted by Gasteiger charge is -2.34. The molecule has 2 aromatic rings. The summed E-state index contributed by atoms with van der Waals surface area (Å²) in [6, 6.07) is 20.0. The molecule has 24 heavy (non-hydrogen) atoms. The fraction of sp³-hybridized carbons (Fsp3) is 0.350. The maximum atomic E-state index is 12.2. The number of carbonyl (C=O) groups excluding carboxylic acids is 1. The highest BCUT2D eigenvalue weighted by Crippen LogP contribution is 2.10. The van der Waals surface area contributed by atoms with E-state index in [4.69, 9.17) is 4.74 Å². The van der Waals surface area contributed by atoms with Gasteiger partial charge in [0.2, 0.25) is 0 Å². The number of hydrogen-bond acceptors (Lipinski definition) is 3. The zero-order chi connectivity index (χ0) is 16.6. The van der Waals surface area contributed by atoms with Crippen molar-refractivity contribution >= 4 is 5.91 Å². The third-order valence-electron chi connectivity index (χ3n) is 4.39. The van der Waals surface area contributed by atoms with Crippen LogP contribution in [0.2, 0.25) is 0 Å². The number of hydrogen-bond donors (Lipinski definition) is 0. The fourth-order valence-electron chi connectivity index (χ4n) is 2.91. The molecule has 1 saturated heterocycles. The third-order valence-corrected chi connectivity index (χ3v) is 4.39. The smallest absolute Gasteiger partial charge is 0.260 e. The second kappa shape index (κ2) is 8.50. The van der Waals surface area contributed by atoms with E-state index >= 15 is 0 Å². The van der Waals surface area contributed by atoms with Crippen LogP contribution < -0.4 is 4.74 Å². The number of benzene rings is 2. The summed E-state index contributed by atoms with van der Waals surface area (Å²) in [5.74, 6) is 0.814. The van der Waals surface area contributed by atoms with E-state index in [1.54, 1.807) is 0 Å². The minimum absolute atomic E-state index is 0.0709. The summed E-state index contributed by atoms with van der Waals surface area (Å²) in [4.78, 5) is 16.6. The Balaban J connectivity index is 1.37. The molecule has 126 valence electrons. The average Bonchev–Trinajstić information content (AvgIpc) is 2.66. The number of carbonyl (C=O) groups is 1. The van der Waals surface area contributed by atoms with E-state index in [0.717, 1.165) is 44.9 Å². The van der Waals surface area contributed by atoms with E-state index in [1.807, 2.05) is 41.3 Å². The van der Waals surface area contributed by atoms with Crippen LogP contribution in [0.5, 0.6) is 5.75 Å². The second-order valence-electron chi connectivity index (χ2n) is 6.06. The molecule has 0 saturated carbocycles. The van der Waals surface area contributed by atoms with Crippen LogP contribution in [0.4, 0.5) is 0 Å². The molecule has 1 aliphatic heterocycles. The number of ether oxygens (including phenoxy) is 1. The molecule has 1 amide bonds. The molecular formula is C20H24N2O2. The molecular weight excluding hydrogens is 300 g/mol. The first-order valence-electron chi connectivity index (χ1n) is 8.53. The van der Waals surface area contributed by atoms with Gasteiger partial charge in [-0.2, -0.15) is 0 Å². The molecule has 1 aliphatic rings. The lowest BCUT2D eigenvalue weighted by Crippen LogP contribution is -2.50. The lowest BCUT2D eigenvalue weighted by atomic mass is 10.1. The van der Waals surface area contributed by atoms with Crippen molar-refractivity contribution in [1.29, 1.82) is 0 Å². The molecule has 0 radical (unpaired) electrons. The predicted molar refractivity (Wildman–Crippen MR) is 95.1 cm³/mol. The number of amides is 1. The minimum atomic E-state index is 0.0709. The van der Waals surface area contributed by atoms with Crippen LogP contribution in [-0.2, 0) is 11.2 Å². The molecule has 0 aliphatic carbocycles. The van der Waals surface area contributed by atoms with E-state index < -0.39 is 0 Å². The SMILES string of the molecule is O=C(COc1ccccc1)N1CCN(CCc2ccccc2)CC1. The summed E-state index contributed by atoms with van der Waals surface area (Å²) in [6.45, 7) is 4.60. The van der Waals surface area contributed by atoms with Crippen LogP contribution in [-0.4, -0.2) is 55.0 Å². The van der Waals surface area contributed by atoms with Gasteiger partial charge in [0.15, 0.2) is 6.61 Å². The quantitative estimate of drug-likeness (QED) is 0.818. The van der Waals surface area contributed by atoms with Crippen molar-refractivity contribution in [2.24, 2.45) is 0 Å². The van der Waals surface area contributed by atoms with Crippen molar-refractivity contribution in [3.63, 3.8) is 0 Å².